The van der Waals surface area contributed by atoms with Crippen molar-refractivity contribution in [3.63, 3.8) is 0 Å². The Bertz CT molecular complexity index is 977. The molecule has 0 aliphatic carbocycles. The monoisotopic (exact) mass is 352 g/mol. The molecule has 0 spiro atoms. The normalized spacial score (nSPS) is 10.7. The van der Waals surface area contributed by atoms with Crippen molar-refractivity contribution in [1.82, 2.24) is 9.38 Å². The lowest BCUT2D eigenvalue weighted by Gasteiger charge is -2.08. The summed E-state index contributed by atoms with van der Waals surface area (Å²) in [6.45, 7) is 4.43. The molecule has 134 valence electrons. The van der Waals surface area contributed by atoms with E-state index in [9.17, 15) is 9.59 Å². The average Bonchev–Trinajstić information content (AvgIpc) is 2.64. The SMILES string of the molecule is CCCOc1ccc(C(=O)OCc2cc(=O)n3c(C)cccc3n2)cc1. The van der Waals surface area contributed by atoms with Gasteiger partial charge in [0.2, 0.25) is 0 Å². The zero-order chi connectivity index (χ0) is 18.5. The molecule has 0 aliphatic heterocycles. The first kappa shape index (κ1) is 17.7. The predicted molar refractivity (Wildman–Crippen MR) is 97.5 cm³/mol. The number of hydrogen-bond donors (Lipinski definition) is 0. The van der Waals surface area contributed by atoms with Gasteiger partial charge in [0.05, 0.1) is 17.9 Å². The molecule has 0 bridgehead atoms. The van der Waals surface area contributed by atoms with Crippen LogP contribution >= 0.6 is 0 Å². The topological polar surface area (TPSA) is 69.9 Å². The molecule has 3 rings (SSSR count). The Hall–Kier alpha value is -3.15. The van der Waals surface area contributed by atoms with E-state index in [2.05, 4.69) is 4.98 Å². The number of nitrogens with zero attached hydrogens (tertiary/aromatic N) is 2. The largest absolute Gasteiger partial charge is 0.494 e. The lowest BCUT2D eigenvalue weighted by Crippen LogP contribution is -2.18. The van der Waals surface area contributed by atoms with Crippen LogP contribution in [0.2, 0.25) is 0 Å². The van der Waals surface area contributed by atoms with Crippen LogP contribution in [0.15, 0.2) is 53.3 Å². The van der Waals surface area contributed by atoms with Crippen LogP contribution in [-0.4, -0.2) is 22.0 Å². The summed E-state index contributed by atoms with van der Waals surface area (Å²) in [6, 6.07) is 13.6. The molecular formula is C20H20N2O4. The van der Waals surface area contributed by atoms with Gasteiger partial charge in [-0.15, -0.1) is 0 Å². The van der Waals surface area contributed by atoms with Crippen LogP contribution in [0, 0.1) is 6.92 Å². The number of carbonyl (C=O) groups excluding carboxylic acids is 1. The maximum atomic E-state index is 12.2. The van der Waals surface area contributed by atoms with Crippen molar-refractivity contribution in [1.29, 1.82) is 0 Å². The standard InChI is InChI=1S/C20H20N2O4/c1-3-11-25-17-9-7-15(8-10-17)20(24)26-13-16-12-19(23)22-14(2)5-4-6-18(22)21-16/h4-10,12H,3,11,13H2,1-2H3. The summed E-state index contributed by atoms with van der Waals surface area (Å²) >= 11 is 0. The van der Waals surface area contributed by atoms with Gasteiger partial charge in [0, 0.05) is 11.8 Å². The number of fused-ring (bicyclic) bond motifs is 1. The summed E-state index contributed by atoms with van der Waals surface area (Å²) in [5.74, 6) is 0.237. The van der Waals surface area contributed by atoms with Gasteiger partial charge in [-0.3, -0.25) is 9.20 Å². The fourth-order valence-corrected chi connectivity index (χ4v) is 2.57. The quantitative estimate of drug-likeness (QED) is 0.638. The second-order valence-corrected chi connectivity index (χ2v) is 5.90. The van der Waals surface area contributed by atoms with Gasteiger partial charge < -0.3 is 9.47 Å². The number of pyridine rings is 1. The number of rotatable bonds is 6. The number of benzene rings is 1. The Balaban J connectivity index is 1.69. The number of carbonyl (C=O) groups is 1. The number of aromatic nitrogens is 2. The van der Waals surface area contributed by atoms with E-state index in [0.29, 0.717) is 29.3 Å². The van der Waals surface area contributed by atoms with Crippen molar-refractivity contribution in [2.75, 3.05) is 6.61 Å². The van der Waals surface area contributed by atoms with Crippen molar-refractivity contribution in [3.05, 3.63) is 75.8 Å². The summed E-state index contributed by atoms with van der Waals surface area (Å²) in [6.07, 6.45) is 0.919. The first-order valence-corrected chi connectivity index (χ1v) is 8.47. The molecule has 3 aromatic rings. The average molecular weight is 352 g/mol. The highest BCUT2D eigenvalue weighted by Gasteiger charge is 2.10. The van der Waals surface area contributed by atoms with Crippen LogP contribution in [-0.2, 0) is 11.3 Å². The van der Waals surface area contributed by atoms with E-state index in [4.69, 9.17) is 9.47 Å². The van der Waals surface area contributed by atoms with E-state index in [0.717, 1.165) is 12.1 Å². The fraction of sp³-hybridized carbons (Fsp3) is 0.250. The summed E-state index contributed by atoms with van der Waals surface area (Å²) in [4.78, 5) is 28.8. The highest BCUT2D eigenvalue weighted by molar-refractivity contribution is 5.89. The Labute approximate surface area is 151 Å². The van der Waals surface area contributed by atoms with Gasteiger partial charge in [0.25, 0.3) is 5.56 Å². The number of ether oxygens (including phenoxy) is 2. The van der Waals surface area contributed by atoms with Crippen molar-refractivity contribution in [3.8, 4) is 5.75 Å². The third kappa shape index (κ3) is 3.91. The Kier molecular flexibility index (Phi) is 5.31. The van der Waals surface area contributed by atoms with Gasteiger partial charge in [0.15, 0.2) is 0 Å². The molecule has 0 fully saturated rings. The van der Waals surface area contributed by atoms with E-state index >= 15 is 0 Å². The molecule has 6 heteroatoms. The highest BCUT2D eigenvalue weighted by Crippen LogP contribution is 2.14. The maximum Gasteiger partial charge on any atom is 0.338 e. The summed E-state index contributed by atoms with van der Waals surface area (Å²) < 4.78 is 12.3. The molecule has 2 heterocycles. The van der Waals surface area contributed by atoms with Crippen molar-refractivity contribution in [2.24, 2.45) is 0 Å². The minimum Gasteiger partial charge on any atom is -0.494 e. The zero-order valence-corrected chi connectivity index (χ0v) is 14.8. The minimum absolute atomic E-state index is 0.0629. The molecule has 0 saturated carbocycles. The molecule has 0 unspecified atom stereocenters. The second kappa shape index (κ2) is 7.82. The Morgan fingerprint density at radius 3 is 2.65 bits per heavy atom. The maximum absolute atomic E-state index is 12.2. The van der Waals surface area contributed by atoms with Crippen LogP contribution in [0.25, 0.3) is 5.65 Å². The Morgan fingerprint density at radius 1 is 1.15 bits per heavy atom. The van der Waals surface area contributed by atoms with Crippen LogP contribution in [0.1, 0.15) is 35.1 Å². The molecule has 0 radical (unpaired) electrons. The van der Waals surface area contributed by atoms with Crippen LogP contribution in [0.3, 0.4) is 0 Å². The van der Waals surface area contributed by atoms with E-state index in [-0.39, 0.29) is 12.2 Å². The van der Waals surface area contributed by atoms with Gasteiger partial charge >= 0.3 is 5.97 Å². The predicted octanol–water partition coefficient (Wildman–Crippen LogP) is 3.15. The third-order valence-electron chi connectivity index (χ3n) is 3.85. The Morgan fingerprint density at radius 2 is 1.92 bits per heavy atom. The van der Waals surface area contributed by atoms with Crippen molar-refractivity contribution in [2.45, 2.75) is 26.9 Å². The van der Waals surface area contributed by atoms with E-state index < -0.39 is 5.97 Å². The van der Waals surface area contributed by atoms with E-state index in [1.54, 1.807) is 30.3 Å². The lowest BCUT2D eigenvalue weighted by molar-refractivity contribution is 0.0467. The van der Waals surface area contributed by atoms with Gasteiger partial charge in [-0.05, 0) is 49.7 Å². The molecule has 0 amide bonds. The highest BCUT2D eigenvalue weighted by atomic mass is 16.5. The number of hydrogen-bond acceptors (Lipinski definition) is 5. The van der Waals surface area contributed by atoms with Crippen LogP contribution in [0.5, 0.6) is 5.75 Å². The van der Waals surface area contributed by atoms with Gasteiger partial charge in [-0.2, -0.15) is 0 Å². The van der Waals surface area contributed by atoms with E-state index in [1.165, 1.54) is 10.5 Å². The van der Waals surface area contributed by atoms with E-state index in [1.807, 2.05) is 26.0 Å². The molecule has 2 aromatic heterocycles. The third-order valence-corrected chi connectivity index (χ3v) is 3.85. The van der Waals surface area contributed by atoms with Gasteiger partial charge in [-0.25, -0.2) is 9.78 Å². The molecule has 6 nitrogen and oxygen atoms in total. The summed E-state index contributed by atoms with van der Waals surface area (Å²) in [5, 5.41) is 0. The van der Waals surface area contributed by atoms with Crippen molar-refractivity contribution < 1.29 is 14.3 Å². The van der Waals surface area contributed by atoms with Crippen LogP contribution in [0.4, 0.5) is 0 Å². The minimum atomic E-state index is -0.474. The zero-order valence-electron chi connectivity index (χ0n) is 14.8. The lowest BCUT2D eigenvalue weighted by atomic mass is 10.2. The van der Waals surface area contributed by atoms with Gasteiger partial charge in [0.1, 0.15) is 18.0 Å². The first-order valence-electron chi connectivity index (χ1n) is 8.47. The fourth-order valence-electron chi connectivity index (χ4n) is 2.57. The molecule has 0 N–H and O–H groups in total. The van der Waals surface area contributed by atoms with Gasteiger partial charge in [-0.1, -0.05) is 13.0 Å². The van der Waals surface area contributed by atoms with Crippen LogP contribution < -0.4 is 10.3 Å². The second-order valence-electron chi connectivity index (χ2n) is 5.90. The number of aryl methyl sites for hydroxylation is 1. The summed E-state index contributed by atoms with van der Waals surface area (Å²) in [5.41, 5.74) is 1.96. The molecule has 1 aromatic carbocycles. The molecular weight excluding hydrogens is 332 g/mol. The smallest absolute Gasteiger partial charge is 0.338 e. The van der Waals surface area contributed by atoms with Crippen molar-refractivity contribution >= 4 is 11.6 Å². The summed E-state index contributed by atoms with van der Waals surface area (Å²) in [7, 11) is 0. The molecule has 0 aliphatic rings. The molecule has 0 saturated heterocycles. The molecule has 0 atom stereocenters. The first-order chi connectivity index (χ1) is 12.6. The number of esters is 1. The molecule has 26 heavy (non-hydrogen) atoms.